The third kappa shape index (κ3) is 2.57. The fraction of sp³-hybridized carbons (Fsp3) is 0.417. The van der Waals surface area contributed by atoms with Gasteiger partial charge in [-0.2, -0.15) is 0 Å². The van der Waals surface area contributed by atoms with Gasteiger partial charge in [0, 0.05) is 19.6 Å². The van der Waals surface area contributed by atoms with E-state index in [1.54, 1.807) is 0 Å². The molecule has 2 rings (SSSR count). The number of hydrogen-bond donors (Lipinski definition) is 1. The van der Waals surface area contributed by atoms with Crippen LogP contribution >= 0.6 is 0 Å². The zero-order chi connectivity index (χ0) is 10.7. The summed E-state index contributed by atoms with van der Waals surface area (Å²) in [7, 11) is 0. The highest BCUT2D eigenvalue weighted by Crippen LogP contribution is 2.18. The number of carbonyl (C=O) groups is 1. The molecular weight excluding hydrogens is 190 g/mol. The van der Waals surface area contributed by atoms with Crippen LogP contribution in [0.25, 0.3) is 0 Å². The van der Waals surface area contributed by atoms with Crippen LogP contribution in [0.5, 0.6) is 0 Å². The van der Waals surface area contributed by atoms with Crippen molar-refractivity contribution in [3.63, 3.8) is 0 Å². The normalized spacial score (nSPS) is 16.0. The Balaban J connectivity index is 1.96. The van der Waals surface area contributed by atoms with Crippen molar-refractivity contribution in [3.05, 3.63) is 35.4 Å². The Kier molecular flexibility index (Phi) is 3.02. The van der Waals surface area contributed by atoms with Crippen molar-refractivity contribution in [1.29, 1.82) is 0 Å². The maximum absolute atomic E-state index is 10.5. The summed E-state index contributed by atoms with van der Waals surface area (Å²) >= 11 is 0. The molecule has 1 aromatic carbocycles. The standard InChI is InChI=1S/C12H15NO2/c14-12(15)6-8-13-7-5-10-3-1-2-4-11(10)9-13/h1-4H,5-9H2,(H,14,15). The van der Waals surface area contributed by atoms with E-state index in [-0.39, 0.29) is 6.42 Å². The Hall–Kier alpha value is -1.35. The summed E-state index contributed by atoms with van der Waals surface area (Å²) in [6.45, 7) is 2.53. The SMILES string of the molecule is O=C(O)CCN1CCc2ccccc2C1. The molecule has 0 unspecified atom stereocenters. The van der Waals surface area contributed by atoms with Gasteiger partial charge in [0.2, 0.25) is 0 Å². The maximum atomic E-state index is 10.5. The van der Waals surface area contributed by atoms with E-state index in [9.17, 15) is 4.79 Å². The summed E-state index contributed by atoms with van der Waals surface area (Å²) in [6, 6.07) is 8.39. The van der Waals surface area contributed by atoms with E-state index in [1.165, 1.54) is 11.1 Å². The van der Waals surface area contributed by atoms with Gasteiger partial charge in [-0.1, -0.05) is 24.3 Å². The number of fused-ring (bicyclic) bond motifs is 1. The van der Waals surface area contributed by atoms with Crippen LogP contribution in [0.4, 0.5) is 0 Å². The smallest absolute Gasteiger partial charge is 0.304 e. The molecule has 3 nitrogen and oxygen atoms in total. The predicted octanol–water partition coefficient (Wildman–Crippen LogP) is 1.52. The van der Waals surface area contributed by atoms with Gasteiger partial charge in [0.1, 0.15) is 0 Å². The summed E-state index contributed by atoms with van der Waals surface area (Å²) < 4.78 is 0. The Morgan fingerprint density at radius 3 is 2.80 bits per heavy atom. The van der Waals surface area contributed by atoms with Crippen LogP contribution in [0, 0.1) is 0 Å². The van der Waals surface area contributed by atoms with E-state index in [4.69, 9.17) is 5.11 Å². The first-order valence-corrected chi connectivity index (χ1v) is 5.26. The Morgan fingerprint density at radius 2 is 2.07 bits per heavy atom. The fourth-order valence-electron chi connectivity index (χ4n) is 2.00. The van der Waals surface area contributed by atoms with Gasteiger partial charge in [0.15, 0.2) is 0 Å². The zero-order valence-electron chi connectivity index (χ0n) is 8.65. The summed E-state index contributed by atoms with van der Waals surface area (Å²) in [5, 5.41) is 8.61. The fourth-order valence-corrected chi connectivity index (χ4v) is 2.00. The second kappa shape index (κ2) is 4.45. The van der Waals surface area contributed by atoms with Crippen molar-refractivity contribution in [1.82, 2.24) is 4.90 Å². The molecule has 0 fully saturated rings. The first kappa shape index (κ1) is 10.2. The third-order valence-electron chi connectivity index (χ3n) is 2.85. The number of carboxylic acids is 1. The molecule has 0 spiro atoms. The zero-order valence-corrected chi connectivity index (χ0v) is 8.65. The number of benzene rings is 1. The molecule has 1 N–H and O–H groups in total. The number of nitrogens with zero attached hydrogens (tertiary/aromatic N) is 1. The van der Waals surface area contributed by atoms with E-state index in [1.807, 2.05) is 6.07 Å². The Bertz CT molecular complexity index is 362. The van der Waals surface area contributed by atoms with Crippen LogP contribution in [-0.2, 0) is 17.8 Å². The van der Waals surface area contributed by atoms with Crippen molar-refractivity contribution >= 4 is 5.97 Å². The molecule has 0 aromatic heterocycles. The van der Waals surface area contributed by atoms with Gasteiger partial charge >= 0.3 is 5.97 Å². The van der Waals surface area contributed by atoms with Gasteiger partial charge in [0.05, 0.1) is 6.42 Å². The Labute approximate surface area is 89.3 Å². The molecule has 0 radical (unpaired) electrons. The third-order valence-corrected chi connectivity index (χ3v) is 2.85. The molecule has 0 atom stereocenters. The minimum absolute atomic E-state index is 0.238. The van der Waals surface area contributed by atoms with Crippen LogP contribution in [0.1, 0.15) is 17.5 Å². The molecule has 3 heteroatoms. The van der Waals surface area contributed by atoms with E-state index in [0.29, 0.717) is 6.54 Å². The van der Waals surface area contributed by atoms with Crippen molar-refractivity contribution < 1.29 is 9.90 Å². The molecular formula is C12H15NO2. The van der Waals surface area contributed by atoms with Crippen LogP contribution in [-0.4, -0.2) is 29.1 Å². The van der Waals surface area contributed by atoms with Crippen molar-refractivity contribution in [2.24, 2.45) is 0 Å². The second-order valence-corrected chi connectivity index (χ2v) is 3.94. The predicted molar refractivity (Wildman–Crippen MR) is 57.7 cm³/mol. The second-order valence-electron chi connectivity index (χ2n) is 3.94. The lowest BCUT2D eigenvalue weighted by atomic mass is 10.00. The molecule has 80 valence electrons. The highest BCUT2D eigenvalue weighted by molar-refractivity contribution is 5.66. The van der Waals surface area contributed by atoms with Crippen LogP contribution in [0.3, 0.4) is 0 Å². The largest absolute Gasteiger partial charge is 0.481 e. The monoisotopic (exact) mass is 205 g/mol. The lowest BCUT2D eigenvalue weighted by Crippen LogP contribution is -2.32. The van der Waals surface area contributed by atoms with Crippen molar-refractivity contribution in [2.75, 3.05) is 13.1 Å². The average Bonchev–Trinajstić information content (AvgIpc) is 2.26. The van der Waals surface area contributed by atoms with E-state index in [0.717, 1.165) is 19.5 Å². The highest BCUT2D eigenvalue weighted by atomic mass is 16.4. The van der Waals surface area contributed by atoms with Gasteiger partial charge in [0.25, 0.3) is 0 Å². The molecule has 1 aromatic rings. The summed E-state index contributed by atoms with van der Waals surface area (Å²) in [4.78, 5) is 12.7. The van der Waals surface area contributed by atoms with Gasteiger partial charge in [-0.15, -0.1) is 0 Å². The van der Waals surface area contributed by atoms with Crippen molar-refractivity contribution in [2.45, 2.75) is 19.4 Å². The Morgan fingerprint density at radius 1 is 1.33 bits per heavy atom. The van der Waals surface area contributed by atoms with Gasteiger partial charge < -0.3 is 5.11 Å². The number of aliphatic carboxylic acids is 1. The first-order chi connectivity index (χ1) is 7.25. The molecule has 0 bridgehead atoms. The minimum Gasteiger partial charge on any atom is -0.481 e. The number of hydrogen-bond acceptors (Lipinski definition) is 2. The minimum atomic E-state index is -0.714. The van der Waals surface area contributed by atoms with E-state index < -0.39 is 5.97 Å². The molecule has 0 amide bonds. The van der Waals surface area contributed by atoms with Gasteiger partial charge in [-0.25, -0.2) is 0 Å². The average molecular weight is 205 g/mol. The topological polar surface area (TPSA) is 40.5 Å². The molecule has 1 heterocycles. The lowest BCUT2D eigenvalue weighted by molar-refractivity contribution is -0.137. The number of carboxylic acid groups (broad SMARTS) is 1. The van der Waals surface area contributed by atoms with Crippen LogP contribution < -0.4 is 0 Å². The maximum Gasteiger partial charge on any atom is 0.304 e. The first-order valence-electron chi connectivity index (χ1n) is 5.26. The quantitative estimate of drug-likeness (QED) is 0.813. The molecule has 0 saturated heterocycles. The van der Waals surface area contributed by atoms with Crippen LogP contribution in [0.15, 0.2) is 24.3 Å². The number of rotatable bonds is 3. The lowest BCUT2D eigenvalue weighted by Gasteiger charge is -2.28. The van der Waals surface area contributed by atoms with Gasteiger partial charge in [-0.3, -0.25) is 9.69 Å². The van der Waals surface area contributed by atoms with E-state index >= 15 is 0 Å². The summed E-state index contributed by atoms with van der Waals surface area (Å²) in [5.74, 6) is -0.714. The van der Waals surface area contributed by atoms with Crippen LogP contribution in [0.2, 0.25) is 0 Å². The molecule has 0 aliphatic carbocycles. The molecule has 0 saturated carbocycles. The van der Waals surface area contributed by atoms with E-state index in [2.05, 4.69) is 23.1 Å². The molecule has 15 heavy (non-hydrogen) atoms. The molecule has 1 aliphatic heterocycles. The summed E-state index contributed by atoms with van der Waals surface area (Å²) in [5.41, 5.74) is 2.75. The van der Waals surface area contributed by atoms with Crippen molar-refractivity contribution in [3.8, 4) is 0 Å². The summed E-state index contributed by atoms with van der Waals surface area (Å²) in [6.07, 6.45) is 1.28. The van der Waals surface area contributed by atoms with Gasteiger partial charge in [-0.05, 0) is 17.5 Å². The molecule has 1 aliphatic rings. The highest BCUT2D eigenvalue weighted by Gasteiger charge is 2.15.